The van der Waals surface area contributed by atoms with Crippen molar-refractivity contribution in [2.75, 3.05) is 7.11 Å². The molecule has 0 aliphatic heterocycles. The number of nitrogens with zero attached hydrogens (tertiary/aromatic N) is 2. The average Bonchev–Trinajstić information content (AvgIpc) is 2.46. The number of methoxy groups -OCH3 is 1. The van der Waals surface area contributed by atoms with Gasteiger partial charge in [-0.1, -0.05) is 23.7 Å². The highest BCUT2D eigenvalue weighted by Gasteiger charge is 2.12. The van der Waals surface area contributed by atoms with E-state index in [1.165, 1.54) is 19.5 Å². The molecule has 3 rings (SSSR count). The van der Waals surface area contributed by atoms with Crippen molar-refractivity contribution in [3.63, 3.8) is 0 Å². The molecule has 0 aliphatic carbocycles. The van der Waals surface area contributed by atoms with Crippen molar-refractivity contribution in [1.82, 2.24) is 15.0 Å². The number of hydrogen-bond donors (Lipinski definition) is 1. The molecule has 2 heterocycles. The number of aromatic nitrogens is 3. The van der Waals surface area contributed by atoms with Crippen LogP contribution in [-0.2, 0) is 0 Å². The van der Waals surface area contributed by atoms with Crippen LogP contribution in [-0.4, -0.2) is 22.1 Å². The molecule has 0 saturated carbocycles. The lowest BCUT2D eigenvalue weighted by Gasteiger charge is -2.07. The number of ether oxygens (including phenoxy) is 1. The fourth-order valence-corrected chi connectivity index (χ4v) is 2.22. The molecule has 1 aromatic carbocycles. The van der Waals surface area contributed by atoms with E-state index in [0.29, 0.717) is 33.1 Å². The summed E-state index contributed by atoms with van der Waals surface area (Å²) in [6, 6.07) is 7.18. The third kappa shape index (κ3) is 2.02. The molecular weight excluding hydrogens is 278 g/mol. The lowest BCUT2D eigenvalue weighted by molar-refractivity contribution is 0.417. The smallest absolute Gasteiger partial charge is 0.262 e. The minimum Gasteiger partial charge on any atom is -0.494 e. The largest absolute Gasteiger partial charge is 0.494 e. The number of aromatic amines is 1. The molecule has 6 heteroatoms. The van der Waals surface area contributed by atoms with Gasteiger partial charge in [0.2, 0.25) is 0 Å². The van der Waals surface area contributed by atoms with E-state index in [4.69, 9.17) is 16.3 Å². The molecular formula is C14H10ClN3O2. The Morgan fingerprint density at radius 1 is 1.25 bits per heavy atom. The van der Waals surface area contributed by atoms with E-state index in [1.807, 2.05) is 12.1 Å². The summed E-state index contributed by atoms with van der Waals surface area (Å²) < 4.78 is 5.13. The molecule has 0 amide bonds. The maximum absolute atomic E-state index is 12.2. The summed E-state index contributed by atoms with van der Waals surface area (Å²) in [5.41, 5.74) is 0.836. The van der Waals surface area contributed by atoms with E-state index in [0.717, 1.165) is 0 Å². The average molecular weight is 288 g/mol. The Morgan fingerprint density at radius 2 is 2.05 bits per heavy atom. The molecule has 0 unspecified atom stereocenters. The second kappa shape index (κ2) is 4.94. The van der Waals surface area contributed by atoms with Crippen LogP contribution in [0.3, 0.4) is 0 Å². The van der Waals surface area contributed by atoms with E-state index in [1.54, 1.807) is 12.1 Å². The van der Waals surface area contributed by atoms with Crippen molar-refractivity contribution >= 4 is 22.5 Å². The Bertz CT molecular complexity index is 845. The second-order valence-corrected chi connectivity index (χ2v) is 4.54. The monoisotopic (exact) mass is 287 g/mol. The minimum atomic E-state index is -0.288. The van der Waals surface area contributed by atoms with E-state index < -0.39 is 0 Å². The fraction of sp³-hybridized carbons (Fsp3) is 0.0714. The van der Waals surface area contributed by atoms with Crippen LogP contribution in [0.1, 0.15) is 0 Å². The molecule has 100 valence electrons. The van der Waals surface area contributed by atoms with Gasteiger partial charge in [-0.15, -0.1) is 0 Å². The first-order valence-corrected chi connectivity index (χ1v) is 6.25. The van der Waals surface area contributed by atoms with Crippen molar-refractivity contribution < 1.29 is 4.74 Å². The Morgan fingerprint density at radius 3 is 2.80 bits per heavy atom. The molecule has 0 fully saturated rings. The third-order valence-corrected chi connectivity index (χ3v) is 3.26. The van der Waals surface area contributed by atoms with Crippen LogP contribution < -0.4 is 10.3 Å². The van der Waals surface area contributed by atoms with Crippen LogP contribution in [0.5, 0.6) is 5.75 Å². The van der Waals surface area contributed by atoms with Crippen molar-refractivity contribution in [1.29, 1.82) is 0 Å². The summed E-state index contributed by atoms with van der Waals surface area (Å²) in [4.78, 5) is 23.3. The second-order valence-electron chi connectivity index (χ2n) is 4.13. The molecule has 2 aromatic heterocycles. The van der Waals surface area contributed by atoms with Gasteiger partial charge in [-0.25, -0.2) is 4.98 Å². The van der Waals surface area contributed by atoms with Gasteiger partial charge in [0.05, 0.1) is 24.5 Å². The Kier molecular flexibility index (Phi) is 3.12. The first kappa shape index (κ1) is 12.6. The zero-order chi connectivity index (χ0) is 14.1. The topological polar surface area (TPSA) is 67.9 Å². The highest BCUT2D eigenvalue weighted by atomic mass is 35.5. The zero-order valence-corrected chi connectivity index (χ0v) is 11.3. The zero-order valence-electron chi connectivity index (χ0n) is 10.6. The summed E-state index contributed by atoms with van der Waals surface area (Å²) >= 11 is 6.12. The van der Waals surface area contributed by atoms with Gasteiger partial charge >= 0.3 is 0 Å². The summed E-state index contributed by atoms with van der Waals surface area (Å²) in [6.07, 6.45) is 3.00. The number of benzene rings is 1. The van der Waals surface area contributed by atoms with Gasteiger partial charge in [-0.05, 0) is 12.1 Å². The van der Waals surface area contributed by atoms with Crippen LogP contribution in [0.4, 0.5) is 0 Å². The Hall–Kier alpha value is -2.40. The number of pyridine rings is 1. The Balaban J connectivity index is 2.32. The summed E-state index contributed by atoms with van der Waals surface area (Å²) in [5, 5.41) is 0.893. The van der Waals surface area contributed by atoms with E-state index in [9.17, 15) is 4.79 Å². The van der Waals surface area contributed by atoms with E-state index in [2.05, 4.69) is 15.0 Å². The molecule has 5 nitrogen and oxygen atoms in total. The Labute approximate surface area is 119 Å². The SMILES string of the molecule is COc1cncc2nc(-c3ccccc3Cl)[nH]c(=O)c12. The van der Waals surface area contributed by atoms with Crippen LogP contribution in [0.15, 0.2) is 41.5 Å². The summed E-state index contributed by atoms with van der Waals surface area (Å²) in [6.45, 7) is 0. The number of rotatable bonds is 2. The molecule has 20 heavy (non-hydrogen) atoms. The molecule has 1 N–H and O–H groups in total. The van der Waals surface area contributed by atoms with Gasteiger partial charge in [0.1, 0.15) is 16.7 Å². The number of halogens is 1. The summed E-state index contributed by atoms with van der Waals surface area (Å²) in [5.74, 6) is 0.796. The van der Waals surface area contributed by atoms with Crippen LogP contribution in [0.25, 0.3) is 22.3 Å². The van der Waals surface area contributed by atoms with Crippen molar-refractivity contribution in [2.24, 2.45) is 0 Å². The van der Waals surface area contributed by atoms with Crippen LogP contribution >= 0.6 is 11.6 Å². The summed E-state index contributed by atoms with van der Waals surface area (Å²) in [7, 11) is 1.48. The third-order valence-electron chi connectivity index (χ3n) is 2.93. The molecule has 0 aliphatic rings. The predicted octanol–water partition coefficient (Wildman–Crippen LogP) is 2.65. The highest BCUT2D eigenvalue weighted by molar-refractivity contribution is 6.33. The van der Waals surface area contributed by atoms with Gasteiger partial charge in [-0.3, -0.25) is 9.78 Å². The molecule has 3 aromatic rings. The lowest BCUT2D eigenvalue weighted by Crippen LogP contribution is -2.11. The first-order chi connectivity index (χ1) is 9.70. The number of nitrogens with one attached hydrogen (secondary N) is 1. The van der Waals surface area contributed by atoms with E-state index in [-0.39, 0.29) is 5.56 Å². The first-order valence-electron chi connectivity index (χ1n) is 5.87. The maximum Gasteiger partial charge on any atom is 0.262 e. The molecule has 0 saturated heterocycles. The van der Waals surface area contributed by atoms with Gasteiger partial charge in [-0.2, -0.15) is 0 Å². The molecule has 0 atom stereocenters. The van der Waals surface area contributed by atoms with Gasteiger partial charge in [0, 0.05) is 5.56 Å². The van der Waals surface area contributed by atoms with Crippen LogP contribution in [0, 0.1) is 0 Å². The number of hydrogen-bond acceptors (Lipinski definition) is 4. The highest BCUT2D eigenvalue weighted by Crippen LogP contribution is 2.26. The molecule has 0 spiro atoms. The van der Waals surface area contributed by atoms with Crippen molar-refractivity contribution in [3.05, 3.63) is 52.0 Å². The quantitative estimate of drug-likeness (QED) is 0.787. The standard InChI is InChI=1S/C14H10ClN3O2/c1-20-11-7-16-6-10-12(11)14(19)18-13(17-10)8-4-2-3-5-9(8)15/h2-7H,1H3,(H,17,18,19). The van der Waals surface area contributed by atoms with Gasteiger partial charge in [0.15, 0.2) is 5.75 Å². The lowest BCUT2D eigenvalue weighted by atomic mass is 10.2. The molecule has 0 radical (unpaired) electrons. The van der Waals surface area contributed by atoms with Crippen molar-refractivity contribution in [2.45, 2.75) is 0 Å². The molecule has 0 bridgehead atoms. The predicted molar refractivity (Wildman–Crippen MR) is 77.2 cm³/mol. The van der Waals surface area contributed by atoms with Gasteiger partial charge < -0.3 is 9.72 Å². The number of fused-ring (bicyclic) bond motifs is 1. The van der Waals surface area contributed by atoms with Crippen LogP contribution in [0.2, 0.25) is 5.02 Å². The van der Waals surface area contributed by atoms with E-state index >= 15 is 0 Å². The minimum absolute atomic E-state index is 0.288. The van der Waals surface area contributed by atoms with Crippen molar-refractivity contribution in [3.8, 4) is 17.1 Å². The normalized spacial score (nSPS) is 10.7. The van der Waals surface area contributed by atoms with Gasteiger partial charge in [0.25, 0.3) is 5.56 Å². The maximum atomic E-state index is 12.2. The number of H-pyrrole nitrogens is 1. The fourth-order valence-electron chi connectivity index (χ4n) is 2.00.